The molecule has 3 nitrogen and oxygen atoms in total. The molecule has 1 atom stereocenters. The largest absolute Gasteiger partial charge is 0.391 e. The van der Waals surface area contributed by atoms with Crippen molar-refractivity contribution in [3.05, 3.63) is 35.4 Å². The second-order valence-electron chi connectivity index (χ2n) is 5.85. The Morgan fingerprint density at radius 3 is 2.37 bits per heavy atom. The third kappa shape index (κ3) is 2.81. The van der Waals surface area contributed by atoms with E-state index in [1.54, 1.807) is 0 Å². The second kappa shape index (κ2) is 5.33. The van der Waals surface area contributed by atoms with Gasteiger partial charge in [0.25, 0.3) is 0 Å². The summed E-state index contributed by atoms with van der Waals surface area (Å²) < 4.78 is 0. The number of carbonyl (C=O) groups is 1. The maximum Gasteiger partial charge on any atom is 0.227 e. The quantitative estimate of drug-likeness (QED) is 0.906. The summed E-state index contributed by atoms with van der Waals surface area (Å²) >= 11 is 0. The van der Waals surface area contributed by atoms with Crippen LogP contribution in [0, 0.1) is 0 Å². The van der Waals surface area contributed by atoms with Crippen LogP contribution in [0.3, 0.4) is 0 Å². The first-order valence-corrected chi connectivity index (χ1v) is 7.01. The van der Waals surface area contributed by atoms with E-state index in [1.165, 1.54) is 5.56 Å². The molecule has 1 saturated heterocycles. The van der Waals surface area contributed by atoms with Crippen LogP contribution in [0.15, 0.2) is 24.3 Å². The zero-order valence-corrected chi connectivity index (χ0v) is 12.0. The van der Waals surface area contributed by atoms with Crippen LogP contribution in [0.5, 0.6) is 0 Å². The summed E-state index contributed by atoms with van der Waals surface area (Å²) in [7, 11) is 0. The van der Waals surface area contributed by atoms with Crippen LogP contribution in [0.2, 0.25) is 0 Å². The minimum Gasteiger partial charge on any atom is -0.391 e. The molecule has 19 heavy (non-hydrogen) atoms. The van der Waals surface area contributed by atoms with Crippen molar-refractivity contribution >= 4 is 5.91 Å². The Kier molecular flexibility index (Phi) is 3.95. The molecule has 1 aliphatic heterocycles. The van der Waals surface area contributed by atoms with Crippen molar-refractivity contribution in [3.63, 3.8) is 0 Å². The Labute approximate surface area is 115 Å². The molecule has 2 rings (SSSR count). The molecule has 104 valence electrons. The van der Waals surface area contributed by atoms with Crippen molar-refractivity contribution < 1.29 is 9.90 Å². The Bertz CT molecular complexity index is 450. The molecule has 0 radical (unpaired) electrons. The summed E-state index contributed by atoms with van der Waals surface area (Å²) in [5, 5.41) is 9.92. The molecule has 1 amide bonds. The standard InChI is InChI=1S/C16H23NO2/c1-4-12-5-7-13(8-6-12)11-15(19)17-10-9-14(18)16(17,2)3/h5-8,14,18H,4,9-11H2,1-3H3. The van der Waals surface area contributed by atoms with Gasteiger partial charge < -0.3 is 10.0 Å². The number of aliphatic hydroxyl groups excluding tert-OH is 1. The normalized spacial score (nSPS) is 21.7. The molecule has 0 spiro atoms. The summed E-state index contributed by atoms with van der Waals surface area (Å²) in [5.41, 5.74) is 1.88. The number of hydrogen-bond donors (Lipinski definition) is 1. The fraction of sp³-hybridized carbons (Fsp3) is 0.562. The number of amides is 1. The first kappa shape index (κ1) is 14.1. The van der Waals surface area contributed by atoms with Gasteiger partial charge in [0.05, 0.1) is 18.1 Å². The van der Waals surface area contributed by atoms with E-state index in [2.05, 4.69) is 19.1 Å². The lowest BCUT2D eigenvalue weighted by Crippen LogP contribution is -2.48. The van der Waals surface area contributed by atoms with E-state index in [-0.39, 0.29) is 5.91 Å². The SMILES string of the molecule is CCc1ccc(CC(=O)N2CCC(O)C2(C)C)cc1. The van der Waals surface area contributed by atoms with Crippen LogP contribution in [0.25, 0.3) is 0 Å². The highest BCUT2D eigenvalue weighted by atomic mass is 16.3. The van der Waals surface area contributed by atoms with Gasteiger partial charge >= 0.3 is 0 Å². The molecule has 0 saturated carbocycles. The lowest BCUT2D eigenvalue weighted by Gasteiger charge is -2.33. The first-order chi connectivity index (χ1) is 8.95. The van der Waals surface area contributed by atoms with Crippen molar-refractivity contribution in [2.75, 3.05) is 6.54 Å². The third-order valence-corrected chi connectivity index (χ3v) is 4.22. The average Bonchev–Trinajstić information content (AvgIpc) is 2.65. The monoisotopic (exact) mass is 261 g/mol. The molecule has 1 N–H and O–H groups in total. The third-order valence-electron chi connectivity index (χ3n) is 4.22. The predicted molar refractivity (Wildman–Crippen MR) is 75.9 cm³/mol. The minimum absolute atomic E-state index is 0.103. The van der Waals surface area contributed by atoms with Gasteiger partial charge in [-0.05, 0) is 37.8 Å². The molecule has 0 aliphatic carbocycles. The maximum absolute atomic E-state index is 12.3. The van der Waals surface area contributed by atoms with Gasteiger partial charge in [-0.25, -0.2) is 0 Å². The molecule has 1 aromatic carbocycles. The number of likely N-dealkylation sites (tertiary alicyclic amines) is 1. The van der Waals surface area contributed by atoms with Crippen LogP contribution in [-0.4, -0.2) is 34.1 Å². The van der Waals surface area contributed by atoms with Crippen molar-refractivity contribution in [3.8, 4) is 0 Å². The highest BCUT2D eigenvalue weighted by molar-refractivity contribution is 5.80. The smallest absolute Gasteiger partial charge is 0.227 e. The highest BCUT2D eigenvalue weighted by Gasteiger charge is 2.42. The average molecular weight is 261 g/mol. The fourth-order valence-corrected chi connectivity index (χ4v) is 2.68. The van der Waals surface area contributed by atoms with Gasteiger partial charge in [-0.3, -0.25) is 4.79 Å². The Balaban J connectivity index is 2.05. The van der Waals surface area contributed by atoms with E-state index >= 15 is 0 Å². The number of rotatable bonds is 3. The zero-order valence-electron chi connectivity index (χ0n) is 12.0. The van der Waals surface area contributed by atoms with E-state index in [0.717, 1.165) is 12.0 Å². The van der Waals surface area contributed by atoms with Crippen molar-refractivity contribution in [1.82, 2.24) is 4.90 Å². The van der Waals surface area contributed by atoms with Crippen molar-refractivity contribution in [2.24, 2.45) is 0 Å². The van der Waals surface area contributed by atoms with Crippen molar-refractivity contribution in [2.45, 2.75) is 51.7 Å². The van der Waals surface area contributed by atoms with Gasteiger partial charge in [0, 0.05) is 6.54 Å². The Morgan fingerprint density at radius 1 is 1.32 bits per heavy atom. The van der Waals surface area contributed by atoms with E-state index in [4.69, 9.17) is 0 Å². The minimum atomic E-state index is -0.444. The predicted octanol–water partition coefficient (Wildman–Crippen LogP) is 2.16. The number of hydrogen-bond acceptors (Lipinski definition) is 2. The summed E-state index contributed by atoms with van der Waals surface area (Å²) in [5.74, 6) is 0.103. The maximum atomic E-state index is 12.3. The molecule has 1 heterocycles. The van der Waals surface area contributed by atoms with E-state index < -0.39 is 11.6 Å². The molecular weight excluding hydrogens is 238 g/mol. The molecule has 0 bridgehead atoms. The van der Waals surface area contributed by atoms with Gasteiger partial charge in [-0.2, -0.15) is 0 Å². The van der Waals surface area contributed by atoms with Crippen LogP contribution in [0.4, 0.5) is 0 Å². The number of nitrogens with zero attached hydrogens (tertiary/aromatic N) is 1. The van der Waals surface area contributed by atoms with Crippen LogP contribution >= 0.6 is 0 Å². The molecule has 1 fully saturated rings. The lowest BCUT2D eigenvalue weighted by molar-refractivity contribution is -0.135. The fourth-order valence-electron chi connectivity index (χ4n) is 2.68. The van der Waals surface area contributed by atoms with E-state index in [0.29, 0.717) is 19.4 Å². The Morgan fingerprint density at radius 2 is 1.89 bits per heavy atom. The summed E-state index contributed by atoms with van der Waals surface area (Å²) in [4.78, 5) is 14.2. The summed E-state index contributed by atoms with van der Waals surface area (Å²) in [6.07, 6.45) is 1.69. The summed E-state index contributed by atoms with van der Waals surface area (Å²) in [6, 6.07) is 8.20. The van der Waals surface area contributed by atoms with Crippen molar-refractivity contribution in [1.29, 1.82) is 0 Å². The van der Waals surface area contributed by atoms with Crippen LogP contribution in [-0.2, 0) is 17.6 Å². The highest BCUT2D eigenvalue weighted by Crippen LogP contribution is 2.29. The Hall–Kier alpha value is -1.35. The zero-order chi connectivity index (χ0) is 14.0. The van der Waals surface area contributed by atoms with Crippen LogP contribution < -0.4 is 0 Å². The molecule has 0 aromatic heterocycles. The molecular formula is C16H23NO2. The van der Waals surface area contributed by atoms with E-state index in [1.807, 2.05) is 30.9 Å². The van der Waals surface area contributed by atoms with Gasteiger partial charge in [-0.1, -0.05) is 31.2 Å². The topological polar surface area (TPSA) is 40.5 Å². The number of aryl methyl sites for hydroxylation is 1. The second-order valence-corrected chi connectivity index (χ2v) is 5.85. The molecule has 3 heteroatoms. The van der Waals surface area contributed by atoms with Gasteiger partial charge in [0.2, 0.25) is 5.91 Å². The summed E-state index contributed by atoms with van der Waals surface area (Å²) in [6.45, 7) is 6.64. The first-order valence-electron chi connectivity index (χ1n) is 7.01. The molecule has 1 aromatic rings. The molecule has 1 aliphatic rings. The lowest BCUT2D eigenvalue weighted by atomic mass is 9.98. The van der Waals surface area contributed by atoms with Gasteiger partial charge in [0.1, 0.15) is 0 Å². The molecule has 1 unspecified atom stereocenters. The van der Waals surface area contributed by atoms with Crippen LogP contribution in [0.1, 0.15) is 38.3 Å². The van der Waals surface area contributed by atoms with E-state index in [9.17, 15) is 9.90 Å². The van der Waals surface area contributed by atoms with Gasteiger partial charge in [0.15, 0.2) is 0 Å². The number of carbonyl (C=O) groups excluding carboxylic acids is 1. The van der Waals surface area contributed by atoms with Gasteiger partial charge in [-0.15, -0.1) is 0 Å². The number of benzene rings is 1. The number of aliphatic hydroxyl groups is 1.